The van der Waals surface area contributed by atoms with Crippen molar-refractivity contribution in [3.05, 3.63) is 60.7 Å². The first kappa shape index (κ1) is 23.2. The summed E-state index contributed by atoms with van der Waals surface area (Å²) in [5, 5.41) is 10.6. The number of nitrogens with zero attached hydrogens (tertiary/aromatic N) is 3. The first-order chi connectivity index (χ1) is 16.2. The number of rotatable bonds is 7. The van der Waals surface area contributed by atoms with E-state index in [2.05, 4.69) is 4.98 Å². The molecule has 1 aromatic heterocycles. The van der Waals surface area contributed by atoms with Crippen molar-refractivity contribution in [2.24, 2.45) is 0 Å². The minimum atomic E-state index is -1.29. The predicted octanol–water partition coefficient (Wildman–Crippen LogP) is 3.78. The van der Waals surface area contributed by atoms with E-state index in [1.807, 2.05) is 6.07 Å². The number of pyridine rings is 1. The molecule has 0 aliphatic carbocycles. The molecule has 176 valence electrons. The number of hydrogen-bond donors (Lipinski definition) is 1. The molecule has 3 aromatic rings. The van der Waals surface area contributed by atoms with Crippen LogP contribution in [0.3, 0.4) is 0 Å². The molecule has 34 heavy (non-hydrogen) atoms. The number of carboxylic acids is 1. The van der Waals surface area contributed by atoms with Crippen molar-refractivity contribution in [3.63, 3.8) is 0 Å². The van der Waals surface area contributed by atoms with Crippen molar-refractivity contribution in [2.75, 3.05) is 23.0 Å². The van der Waals surface area contributed by atoms with E-state index in [0.29, 0.717) is 11.4 Å². The zero-order chi connectivity index (χ0) is 24.5. The minimum Gasteiger partial charge on any atom is -0.483 e. The number of aromatic nitrogens is 1. The van der Waals surface area contributed by atoms with Gasteiger partial charge in [0.1, 0.15) is 17.1 Å². The molecule has 9 heteroatoms. The van der Waals surface area contributed by atoms with E-state index in [1.54, 1.807) is 44.4 Å². The van der Waals surface area contributed by atoms with Gasteiger partial charge in [-0.05, 0) is 50.6 Å². The second kappa shape index (κ2) is 9.09. The largest absolute Gasteiger partial charge is 0.483 e. The van der Waals surface area contributed by atoms with Crippen LogP contribution >= 0.6 is 0 Å². The van der Waals surface area contributed by atoms with E-state index >= 15 is 0 Å². The molecule has 2 heterocycles. The number of aliphatic carboxylic acids is 1. The van der Waals surface area contributed by atoms with Crippen LogP contribution in [0.2, 0.25) is 0 Å². The molecule has 0 radical (unpaired) electrons. The summed E-state index contributed by atoms with van der Waals surface area (Å²) in [6, 6.07) is 11.1. The first-order valence-electron chi connectivity index (χ1n) is 10.8. The Hall–Kier alpha value is -4.01. The first-order valence-corrected chi connectivity index (χ1v) is 10.8. The fourth-order valence-corrected chi connectivity index (χ4v) is 4.22. The number of anilines is 2. The van der Waals surface area contributed by atoms with Gasteiger partial charge in [-0.25, -0.2) is 4.39 Å². The average Bonchev–Trinajstić information content (AvgIpc) is 2.80. The van der Waals surface area contributed by atoms with E-state index in [4.69, 9.17) is 9.84 Å². The third-order valence-corrected chi connectivity index (χ3v) is 5.81. The van der Waals surface area contributed by atoms with Gasteiger partial charge in [0, 0.05) is 36.1 Å². The monoisotopic (exact) mass is 465 g/mol. The van der Waals surface area contributed by atoms with Gasteiger partial charge in [-0.15, -0.1) is 0 Å². The smallest absolute Gasteiger partial charge is 0.303 e. The Morgan fingerprint density at radius 2 is 1.94 bits per heavy atom. The summed E-state index contributed by atoms with van der Waals surface area (Å²) >= 11 is 0. The molecule has 4 rings (SSSR count). The number of carbonyl (C=O) groups is 3. The van der Waals surface area contributed by atoms with Crippen molar-refractivity contribution in [1.29, 1.82) is 0 Å². The fourth-order valence-electron chi connectivity index (χ4n) is 4.22. The summed E-state index contributed by atoms with van der Waals surface area (Å²) in [6.07, 6.45) is 3.39. The van der Waals surface area contributed by atoms with Crippen LogP contribution in [0.25, 0.3) is 10.8 Å². The fraction of sp³-hybridized carbons (Fsp3) is 0.280. The molecule has 8 nitrogen and oxygen atoms in total. The maximum Gasteiger partial charge on any atom is 0.303 e. The van der Waals surface area contributed by atoms with Crippen LogP contribution < -0.4 is 14.5 Å². The number of amides is 2. The molecule has 0 unspecified atom stereocenters. The van der Waals surface area contributed by atoms with Crippen molar-refractivity contribution in [2.45, 2.75) is 32.2 Å². The van der Waals surface area contributed by atoms with E-state index in [1.165, 1.54) is 28.0 Å². The van der Waals surface area contributed by atoms with E-state index in [9.17, 15) is 18.8 Å². The predicted molar refractivity (Wildman–Crippen MR) is 124 cm³/mol. The van der Waals surface area contributed by atoms with E-state index < -0.39 is 29.1 Å². The van der Waals surface area contributed by atoms with Gasteiger partial charge in [-0.1, -0.05) is 12.1 Å². The Kier molecular flexibility index (Phi) is 6.19. The van der Waals surface area contributed by atoms with Gasteiger partial charge in [0.05, 0.1) is 11.4 Å². The Morgan fingerprint density at radius 1 is 1.15 bits per heavy atom. The lowest BCUT2D eigenvalue weighted by atomic mass is 9.94. The maximum absolute atomic E-state index is 14.1. The van der Waals surface area contributed by atoms with Crippen molar-refractivity contribution < 1.29 is 28.6 Å². The zero-order valence-corrected chi connectivity index (χ0v) is 18.8. The molecular formula is C25H24FN3O5. The Morgan fingerprint density at radius 3 is 2.71 bits per heavy atom. The van der Waals surface area contributed by atoms with Crippen LogP contribution in [0.5, 0.6) is 5.75 Å². The van der Waals surface area contributed by atoms with Gasteiger partial charge in [0.2, 0.25) is 0 Å². The van der Waals surface area contributed by atoms with Crippen LogP contribution in [0, 0.1) is 5.82 Å². The highest BCUT2D eigenvalue weighted by atomic mass is 19.1. The van der Waals surface area contributed by atoms with Crippen LogP contribution in [0.1, 0.15) is 26.7 Å². The summed E-state index contributed by atoms with van der Waals surface area (Å²) in [5.74, 6) is -1.95. The second-order valence-corrected chi connectivity index (χ2v) is 8.52. The lowest BCUT2D eigenvalue weighted by Gasteiger charge is -2.46. The number of halogens is 1. The van der Waals surface area contributed by atoms with Crippen molar-refractivity contribution in [3.8, 4) is 5.75 Å². The average molecular weight is 465 g/mol. The van der Waals surface area contributed by atoms with Crippen LogP contribution in [-0.2, 0) is 14.4 Å². The normalized spacial score (nSPS) is 14.7. The van der Waals surface area contributed by atoms with Crippen LogP contribution in [-0.4, -0.2) is 46.6 Å². The summed E-state index contributed by atoms with van der Waals surface area (Å²) in [5.41, 5.74) is -0.715. The van der Waals surface area contributed by atoms with Gasteiger partial charge in [0.25, 0.3) is 11.8 Å². The number of hydrogen-bond acceptors (Lipinski definition) is 5. The molecule has 0 saturated heterocycles. The topological polar surface area (TPSA) is 100 Å². The van der Waals surface area contributed by atoms with Gasteiger partial charge >= 0.3 is 5.97 Å². The van der Waals surface area contributed by atoms with Gasteiger partial charge in [0.15, 0.2) is 6.61 Å². The molecule has 0 bridgehead atoms. The van der Waals surface area contributed by atoms with Crippen molar-refractivity contribution in [1.82, 2.24) is 4.98 Å². The van der Waals surface area contributed by atoms with Crippen LogP contribution in [0.4, 0.5) is 15.8 Å². The SMILES string of the molecule is CC1(C)C(=O)N(CCCC(=O)O)c2cc(F)ccc2N1C(=O)COc1cccc2cnccc12. The molecule has 2 amide bonds. The molecule has 1 aliphatic rings. The molecule has 1 N–H and O–H groups in total. The molecule has 0 spiro atoms. The number of carbonyl (C=O) groups excluding carboxylic acids is 2. The highest BCUT2D eigenvalue weighted by Gasteiger charge is 2.47. The summed E-state index contributed by atoms with van der Waals surface area (Å²) in [6.45, 7) is 2.96. The molecule has 1 aliphatic heterocycles. The minimum absolute atomic E-state index is 0.0909. The number of carboxylic acid groups (broad SMARTS) is 1. The van der Waals surface area contributed by atoms with E-state index in [0.717, 1.165) is 10.8 Å². The highest BCUT2D eigenvalue weighted by Crippen LogP contribution is 2.41. The molecule has 0 atom stereocenters. The van der Waals surface area contributed by atoms with Crippen LogP contribution in [0.15, 0.2) is 54.9 Å². The van der Waals surface area contributed by atoms with Gasteiger partial charge < -0.3 is 14.7 Å². The summed E-state index contributed by atoms with van der Waals surface area (Å²) < 4.78 is 20.0. The number of benzene rings is 2. The second-order valence-electron chi connectivity index (χ2n) is 8.52. The maximum atomic E-state index is 14.1. The zero-order valence-electron chi connectivity index (χ0n) is 18.8. The molecule has 0 saturated carbocycles. The Bertz CT molecular complexity index is 1270. The summed E-state index contributed by atoms with van der Waals surface area (Å²) in [4.78, 5) is 44.4. The Balaban J connectivity index is 1.64. The number of fused-ring (bicyclic) bond motifs is 2. The number of ether oxygens (including phenoxy) is 1. The third kappa shape index (κ3) is 4.28. The third-order valence-electron chi connectivity index (χ3n) is 5.81. The quantitative estimate of drug-likeness (QED) is 0.570. The standard InChI is InChI=1S/C25H24FN3O5/c1-25(2)24(33)28(12-4-7-23(31)32)20-13-17(26)8-9-19(20)29(25)22(30)15-34-21-6-3-5-16-14-27-11-10-18(16)21/h3,5-6,8-11,13-14H,4,7,12,15H2,1-2H3,(H,31,32). The van der Waals surface area contributed by atoms with E-state index in [-0.39, 0.29) is 31.7 Å². The van der Waals surface area contributed by atoms with Gasteiger partial charge in [-0.2, -0.15) is 0 Å². The summed E-state index contributed by atoms with van der Waals surface area (Å²) in [7, 11) is 0. The molecule has 0 fully saturated rings. The Labute approximate surface area is 195 Å². The molecular weight excluding hydrogens is 441 g/mol. The van der Waals surface area contributed by atoms with Crippen molar-refractivity contribution >= 4 is 39.9 Å². The van der Waals surface area contributed by atoms with Gasteiger partial charge in [-0.3, -0.25) is 24.3 Å². The molecule has 2 aromatic carbocycles. The lowest BCUT2D eigenvalue weighted by Crippen LogP contribution is -2.63. The lowest BCUT2D eigenvalue weighted by molar-refractivity contribution is -0.137. The highest BCUT2D eigenvalue weighted by molar-refractivity contribution is 6.15.